The Balaban J connectivity index is 1.57. The molecule has 0 amide bonds. The predicted molar refractivity (Wildman–Crippen MR) is 118 cm³/mol. The molecule has 0 aromatic heterocycles. The molecule has 1 aliphatic rings. The van der Waals surface area contributed by atoms with Gasteiger partial charge < -0.3 is 9.84 Å². The monoisotopic (exact) mass is 473 g/mol. The minimum Gasteiger partial charge on any atom is -0.489 e. The van der Waals surface area contributed by atoms with E-state index >= 15 is 0 Å². The first-order valence-electron chi connectivity index (χ1n) is 10.3. The van der Waals surface area contributed by atoms with Crippen LogP contribution < -0.4 is 9.04 Å². The summed E-state index contributed by atoms with van der Waals surface area (Å²) in [7, 11) is -4.12. The molecule has 0 spiro atoms. The maximum atomic E-state index is 14.3. The van der Waals surface area contributed by atoms with E-state index in [-0.39, 0.29) is 37.3 Å². The summed E-state index contributed by atoms with van der Waals surface area (Å²) < 4.78 is 61.8. The van der Waals surface area contributed by atoms with Crippen LogP contribution in [0.25, 0.3) is 0 Å². The molecule has 4 rings (SSSR count). The van der Waals surface area contributed by atoms with Crippen LogP contribution >= 0.6 is 0 Å². The first-order valence-corrected chi connectivity index (χ1v) is 11.7. The van der Waals surface area contributed by atoms with Crippen molar-refractivity contribution in [3.05, 3.63) is 89.0 Å². The van der Waals surface area contributed by atoms with Crippen molar-refractivity contribution < 1.29 is 31.8 Å². The predicted octanol–water partition coefficient (Wildman–Crippen LogP) is 4.31. The van der Waals surface area contributed by atoms with E-state index in [0.717, 1.165) is 11.6 Å². The van der Waals surface area contributed by atoms with Crippen LogP contribution in [-0.4, -0.2) is 26.0 Å². The van der Waals surface area contributed by atoms with E-state index in [2.05, 4.69) is 0 Å². The van der Waals surface area contributed by atoms with E-state index in [9.17, 15) is 22.0 Å². The number of benzene rings is 3. The molecule has 0 unspecified atom stereocenters. The second-order valence-electron chi connectivity index (χ2n) is 7.62. The van der Waals surface area contributed by atoms with Crippen LogP contribution in [0.15, 0.2) is 65.6 Å². The summed E-state index contributed by atoms with van der Waals surface area (Å²) in [6.45, 7) is 0.149. The number of sulfonamides is 1. The first kappa shape index (κ1) is 22.7. The summed E-state index contributed by atoms with van der Waals surface area (Å²) in [4.78, 5) is 10.3. The number of halogens is 2. The summed E-state index contributed by atoms with van der Waals surface area (Å²) in [5.41, 5.74) is 2.08. The number of carboxylic acids is 1. The molecule has 1 aliphatic heterocycles. The maximum Gasteiger partial charge on any atom is 0.303 e. The Hall–Kier alpha value is -3.46. The van der Waals surface area contributed by atoms with Gasteiger partial charge in [0.2, 0.25) is 0 Å². The highest BCUT2D eigenvalue weighted by Gasteiger charge is 2.34. The lowest BCUT2D eigenvalue weighted by Crippen LogP contribution is -2.30. The lowest BCUT2D eigenvalue weighted by molar-refractivity contribution is -0.136. The normalized spacial score (nSPS) is 13.1. The number of hydrogen-bond donors (Lipinski definition) is 1. The van der Waals surface area contributed by atoms with Gasteiger partial charge in [-0.05, 0) is 42.2 Å². The van der Waals surface area contributed by atoms with Crippen LogP contribution in [0.1, 0.15) is 23.1 Å². The average molecular weight is 473 g/mol. The highest BCUT2D eigenvalue weighted by Crippen LogP contribution is 2.37. The zero-order valence-electron chi connectivity index (χ0n) is 17.5. The number of aryl methyl sites for hydroxylation is 1. The number of carbonyl (C=O) groups is 1. The number of rotatable bonds is 8. The van der Waals surface area contributed by atoms with Gasteiger partial charge in [-0.25, -0.2) is 17.2 Å². The van der Waals surface area contributed by atoms with E-state index in [1.165, 1.54) is 40.7 Å². The molecule has 0 saturated heterocycles. The van der Waals surface area contributed by atoms with Crippen LogP contribution in [0.3, 0.4) is 0 Å². The van der Waals surface area contributed by atoms with Crippen molar-refractivity contribution in [1.29, 1.82) is 0 Å². The van der Waals surface area contributed by atoms with Gasteiger partial charge in [0.05, 0.1) is 5.69 Å². The fourth-order valence-electron chi connectivity index (χ4n) is 3.85. The molecule has 33 heavy (non-hydrogen) atoms. The van der Waals surface area contributed by atoms with Crippen LogP contribution in [-0.2, 0) is 34.3 Å². The summed E-state index contributed by atoms with van der Waals surface area (Å²) in [5.74, 6) is -2.18. The molecule has 1 heterocycles. The minimum absolute atomic E-state index is 0.0274. The number of anilines is 1. The summed E-state index contributed by atoms with van der Waals surface area (Å²) in [6.07, 6.45) is 0.361. The molecular weight excluding hydrogens is 452 g/mol. The molecule has 3 aromatic rings. The third-order valence-electron chi connectivity index (χ3n) is 5.47. The van der Waals surface area contributed by atoms with E-state index in [4.69, 9.17) is 9.84 Å². The summed E-state index contributed by atoms with van der Waals surface area (Å²) in [6, 6.07) is 14.7. The third-order valence-corrected chi connectivity index (χ3v) is 7.30. The average Bonchev–Trinajstić information content (AvgIpc) is 3.23. The first-order chi connectivity index (χ1) is 15.8. The van der Waals surface area contributed by atoms with Gasteiger partial charge in [0.15, 0.2) is 0 Å². The van der Waals surface area contributed by atoms with Crippen molar-refractivity contribution in [1.82, 2.24) is 0 Å². The second kappa shape index (κ2) is 9.19. The molecular formula is C24H21F2NO5S. The molecule has 1 N–H and O–H groups in total. The largest absolute Gasteiger partial charge is 0.489 e. The molecule has 9 heteroatoms. The van der Waals surface area contributed by atoms with Crippen LogP contribution in [0.2, 0.25) is 0 Å². The Kier molecular flexibility index (Phi) is 6.33. The Labute approximate surface area is 190 Å². The molecule has 0 saturated carbocycles. The van der Waals surface area contributed by atoms with Crippen LogP contribution in [0, 0.1) is 11.6 Å². The van der Waals surface area contributed by atoms with E-state index in [0.29, 0.717) is 17.7 Å². The van der Waals surface area contributed by atoms with Crippen LogP contribution in [0.5, 0.6) is 5.75 Å². The highest BCUT2D eigenvalue weighted by molar-refractivity contribution is 7.92. The smallest absolute Gasteiger partial charge is 0.303 e. The second-order valence-corrected chi connectivity index (χ2v) is 9.45. The Morgan fingerprint density at radius 1 is 1.00 bits per heavy atom. The molecule has 0 atom stereocenters. The van der Waals surface area contributed by atoms with E-state index in [1.54, 1.807) is 12.1 Å². The quantitative estimate of drug-likeness (QED) is 0.527. The van der Waals surface area contributed by atoms with Gasteiger partial charge in [-0.2, -0.15) is 0 Å². The van der Waals surface area contributed by atoms with Gasteiger partial charge in [-0.3, -0.25) is 9.10 Å². The fourth-order valence-corrected chi connectivity index (χ4v) is 5.46. The maximum absolute atomic E-state index is 14.3. The fraction of sp³-hybridized carbons (Fsp3) is 0.208. The number of carboxylic acid groups (broad SMARTS) is 1. The summed E-state index contributed by atoms with van der Waals surface area (Å²) >= 11 is 0. The van der Waals surface area contributed by atoms with Crippen molar-refractivity contribution in [3.63, 3.8) is 0 Å². The van der Waals surface area contributed by atoms with E-state index < -0.39 is 32.5 Å². The lowest BCUT2D eigenvalue weighted by atomic mass is 10.1. The Morgan fingerprint density at radius 2 is 1.79 bits per heavy atom. The zero-order chi connectivity index (χ0) is 23.6. The zero-order valence-corrected chi connectivity index (χ0v) is 18.3. The number of nitrogens with zero attached hydrogens (tertiary/aromatic N) is 1. The standard InChI is InChI=1S/C24H21F2NO5S/c25-20-6-1-2-7-22(20)33(30,31)27-13-12-17-4-3-5-18(24(17)27)15-32-19-10-8-16(21(26)14-19)9-11-23(28)29/h1-8,10,14H,9,11-13,15H2,(H,28,29). The molecule has 6 nitrogen and oxygen atoms in total. The molecule has 172 valence electrons. The number of para-hydroxylation sites is 1. The number of aliphatic carboxylic acids is 1. The van der Waals surface area contributed by atoms with E-state index in [1.807, 2.05) is 6.07 Å². The van der Waals surface area contributed by atoms with Crippen molar-refractivity contribution in [2.75, 3.05) is 10.8 Å². The van der Waals surface area contributed by atoms with Crippen molar-refractivity contribution in [2.24, 2.45) is 0 Å². The van der Waals surface area contributed by atoms with Gasteiger partial charge in [0.1, 0.15) is 28.9 Å². The van der Waals surface area contributed by atoms with Gasteiger partial charge in [-0.1, -0.05) is 36.4 Å². The van der Waals surface area contributed by atoms with Gasteiger partial charge >= 0.3 is 5.97 Å². The van der Waals surface area contributed by atoms with Crippen molar-refractivity contribution in [2.45, 2.75) is 30.8 Å². The topological polar surface area (TPSA) is 83.9 Å². The molecule has 0 fully saturated rings. The number of ether oxygens (including phenoxy) is 1. The van der Waals surface area contributed by atoms with Crippen molar-refractivity contribution >= 4 is 21.7 Å². The Morgan fingerprint density at radius 3 is 2.52 bits per heavy atom. The highest BCUT2D eigenvalue weighted by atomic mass is 32.2. The van der Waals surface area contributed by atoms with Gasteiger partial charge in [-0.15, -0.1) is 0 Å². The Bertz CT molecular complexity index is 1310. The van der Waals surface area contributed by atoms with Gasteiger partial charge in [0, 0.05) is 24.6 Å². The third kappa shape index (κ3) is 4.68. The minimum atomic E-state index is -4.12. The molecule has 0 bridgehead atoms. The van der Waals surface area contributed by atoms with Gasteiger partial charge in [0.25, 0.3) is 10.0 Å². The molecule has 3 aromatic carbocycles. The molecule has 0 radical (unpaired) electrons. The van der Waals surface area contributed by atoms with Crippen molar-refractivity contribution in [3.8, 4) is 5.75 Å². The SMILES string of the molecule is O=C(O)CCc1ccc(OCc2cccc3c2N(S(=O)(=O)c2ccccc2F)CC3)cc1F. The van der Waals surface area contributed by atoms with Crippen LogP contribution in [0.4, 0.5) is 14.5 Å². The number of fused-ring (bicyclic) bond motifs is 1. The summed E-state index contributed by atoms with van der Waals surface area (Å²) in [5, 5.41) is 8.76. The lowest BCUT2D eigenvalue weighted by Gasteiger charge is -2.22. The number of hydrogen-bond acceptors (Lipinski definition) is 4. The molecule has 0 aliphatic carbocycles.